The lowest BCUT2D eigenvalue weighted by molar-refractivity contribution is -0.132. The molecule has 6 heteroatoms. The summed E-state index contributed by atoms with van der Waals surface area (Å²) in [6.07, 6.45) is 2.12. The van der Waals surface area contributed by atoms with Crippen molar-refractivity contribution in [1.29, 1.82) is 0 Å². The Labute approximate surface area is 157 Å². The lowest BCUT2D eigenvalue weighted by atomic mass is 9.97. The second-order valence-corrected chi connectivity index (χ2v) is 7.26. The lowest BCUT2D eigenvalue weighted by Gasteiger charge is -2.23. The zero-order chi connectivity index (χ0) is 18.5. The van der Waals surface area contributed by atoms with Gasteiger partial charge >= 0.3 is 0 Å². The van der Waals surface area contributed by atoms with Gasteiger partial charge in [0, 0.05) is 11.3 Å². The fourth-order valence-corrected chi connectivity index (χ4v) is 4.30. The van der Waals surface area contributed by atoms with Gasteiger partial charge < -0.3 is 4.90 Å². The number of benzene rings is 2. The van der Waals surface area contributed by atoms with Gasteiger partial charge in [0.25, 0.3) is 11.8 Å². The molecule has 26 heavy (non-hydrogen) atoms. The van der Waals surface area contributed by atoms with E-state index in [2.05, 4.69) is 19.1 Å². The van der Waals surface area contributed by atoms with Gasteiger partial charge in [0.1, 0.15) is 6.04 Å². The highest BCUT2D eigenvalue weighted by molar-refractivity contribution is 7.99. The molecule has 2 aromatic rings. The molecule has 1 saturated heterocycles. The zero-order valence-corrected chi connectivity index (χ0v) is 15.5. The van der Waals surface area contributed by atoms with Crippen LogP contribution in [0.2, 0.25) is 0 Å². The van der Waals surface area contributed by atoms with Crippen LogP contribution in [-0.4, -0.2) is 39.6 Å². The van der Waals surface area contributed by atoms with Crippen LogP contribution in [0.1, 0.15) is 29.3 Å². The van der Waals surface area contributed by atoms with Crippen molar-refractivity contribution in [3.8, 4) is 11.1 Å². The van der Waals surface area contributed by atoms with Gasteiger partial charge in [-0.2, -0.15) is 0 Å². The highest BCUT2D eigenvalue weighted by Gasteiger charge is 2.35. The molecule has 1 fully saturated rings. The van der Waals surface area contributed by atoms with E-state index in [1.54, 1.807) is 11.5 Å². The average molecular weight is 370 g/mol. The fourth-order valence-electron chi connectivity index (χ4n) is 3.15. The third kappa shape index (κ3) is 3.76. The van der Waals surface area contributed by atoms with Gasteiger partial charge in [-0.1, -0.05) is 55.8 Å². The van der Waals surface area contributed by atoms with E-state index in [9.17, 15) is 9.59 Å². The van der Waals surface area contributed by atoms with Crippen LogP contribution >= 0.6 is 11.8 Å². The van der Waals surface area contributed by atoms with Crippen molar-refractivity contribution in [2.45, 2.75) is 25.8 Å². The van der Waals surface area contributed by atoms with Gasteiger partial charge in [-0.3, -0.25) is 14.8 Å². The van der Waals surface area contributed by atoms with Gasteiger partial charge in [-0.05, 0) is 29.2 Å². The second-order valence-electron chi connectivity index (χ2n) is 6.26. The molecule has 3 rings (SSSR count). The largest absolute Gasteiger partial charge is 0.316 e. The van der Waals surface area contributed by atoms with E-state index in [4.69, 9.17) is 5.21 Å². The van der Waals surface area contributed by atoms with Crippen molar-refractivity contribution in [2.24, 2.45) is 0 Å². The molecule has 1 heterocycles. The van der Waals surface area contributed by atoms with Gasteiger partial charge in [0.2, 0.25) is 0 Å². The predicted molar refractivity (Wildman–Crippen MR) is 103 cm³/mol. The number of hydroxylamine groups is 1. The first-order chi connectivity index (χ1) is 12.7. The SMILES string of the molecule is CCCc1ccc(-c2ccccc2C(=O)N2CSCC2C(=O)NO)cc1. The van der Waals surface area contributed by atoms with Crippen molar-refractivity contribution in [3.05, 3.63) is 59.7 Å². The summed E-state index contributed by atoms with van der Waals surface area (Å²) in [7, 11) is 0. The van der Waals surface area contributed by atoms with Crippen LogP contribution in [0.25, 0.3) is 11.1 Å². The third-order valence-electron chi connectivity index (χ3n) is 4.52. The van der Waals surface area contributed by atoms with Crippen LogP contribution in [0.15, 0.2) is 48.5 Å². The van der Waals surface area contributed by atoms with Gasteiger partial charge in [0.15, 0.2) is 0 Å². The minimum atomic E-state index is -0.655. The van der Waals surface area contributed by atoms with Crippen LogP contribution in [-0.2, 0) is 11.2 Å². The molecule has 2 aromatic carbocycles. The molecular weight excluding hydrogens is 348 g/mol. The predicted octanol–water partition coefficient (Wildman–Crippen LogP) is 3.33. The molecule has 2 N–H and O–H groups in total. The fraction of sp³-hybridized carbons (Fsp3) is 0.300. The minimum absolute atomic E-state index is 0.197. The summed E-state index contributed by atoms with van der Waals surface area (Å²) in [5, 5.41) is 8.92. The molecule has 1 aliphatic heterocycles. The molecule has 0 radical (unpaired) electrons. The molecule has 0 bridgehead atoms. The molecule has 0 saturated carbocycles. The molecule has 2 amide bonds. The van der Waals surface area contributed by atoms with Gasteiger partial charge in [-0.25, -0.2) is 5.48 Å². The summed E-state index contributed by atoms with van der Waals surface area (Å²) in [4.78, 5) is 26.5. The van der Waals surface area contributed by atoms with E-state index in [0.717, 1.165) is 24.0 Å². The summed E-state index contributed by atoms with van der Waals surface area (Å²) in [6.45, 7) is 2.15. The van der Waals surface area contributed by atoms with E-state index in [1.165, 1.54) is 22.2 Å². The van der Waals surface area contributed by atoms with Crippen LogP contribution in [0.4, 0.5) is 0 Å². The van der Waals surface area contributed by atoms with Crippen molar-refractivity contribution < 1.29 is 14.8 Å². The maximum Gasteiger partial charge on any atom is 0.267 e. The van der Waals surface area contributed by atoms with Crippen molar-refractivity contribution >= 4 is 23.6 Å². The van der Waals surface area contributed by atoms with Crippen LogP contribution < -0.4 is 5.48 Å². The smallest absolute Gasteiger partial charge is 0.267 e. The average Bonchev–Trinajstić information content (AvgIpc) is 3.17. The molecule has 1 aliphatic rings. The van der Waals surface area contributed by atoms with E-state index < -0.39 is 11.9 Å². The Kier molecular flexibility index (Phi) is 5.96. The Bertz CT molecular complexity index is 792. The van der Waals surface area contributed by atoms with Crippen LogP contribution in [0.5, 0.6) is 0 Å². The number of nitrogens with one attached hydrogen (secondary N) is 1. The normalized spacial score (nSPS) is 16.5. The summed E-state index contributed by atoms with van der Waals surface area (Å²) in [5.41, 5.74) is 5.32. The number of amides is 2. The first-order valence-corrected chi connectivity index (χ1v) is 9.82. The third-order valence-corrected chi connectivity index (χ3v) is 5.53. The Morgan fingerprint density at radius 3 is 2.62 bits per heavy atom. The summed E-state index contributed by atoms with van der Waals surface area (Å²) >= 11 is 1.50. The summed E-state index contributed by atoms with van der Waals surface area (Å²) in [6, 6.07) is 15.0. The van der Waals surface area contributed by atoms with Gasteiger partial charge in [-0.15, -0.1) is 11.8 Å². The number of thioether (sulfide) groups is 1. The molecule has 0 aromatic heterocycles. The molecule has 0 spiro atoms. The maximum atomic E-state index is 13.1. The number of nitrogens with zero attached hydrogens (tertiary/aromatic N) is 1. The highest BCUT2D eigenvalue weighted by Crippen LogP contribution is 2.29. The Hall–Kier alpha value is -2.31. The van der Waals surface area contributed by atoms with Crippen LogP contribution in [0.3, 0.4) is 0 Å². The van der Waals surface area contributed by atoms with E-state index >= 15 is 0 Å². The molecule has 0 aliphatic carbocycles. The van der Waals surface area contributed by atoms with E-state index in [1.807, 2.05) is 30.3 Å². The zero-order valence-electron chi connectivity index (χ0n) is 14.6. The standard InChI is InChI=1S/C20H22N2O3S/c1-2-5-14-8-10-15(11-9-14)16-6-3-4-7-17(16)20(24)22-13-26-12-18(22)19(23)21-25/h3-4,6-11,18,25H,2,5,12-13H2,1H3,(H,21,23). The summed E-state index contributed by atoms with van der Waals surface area (Å²) < 4.78 is 0. The maximum absolute atomic E-state index is 13.1. The quantitative estimate of drug-likeness (QED) is 0.626. The summed E-state index contributed by atoms with van der Waals surface area (Å²) in [5.74, 6) is 0.161. The number of carbonyl (C=O) groups excluding carboxylic acids is 2. The Morgan fingerprint density at radius 1 is 1.19 bits per heavy atom. The monoisotopic (exact) mass is 370 g/mol. The number of aryl methyl sites for hydroxylation is 1. The van der Waals surface area contributed by atoms with E-state index in [0.29, 0.717) is 17.2 Å². The molecule has 1 unspecified atom stereocenters. The first kappa shape index (κ1) is 18.5. The Balaban J connectivity index is 1.91. The van der Waals surface area contributed by atoms with Gasteiger partial charge in [0.05, 0.1) is 5.88 Å². The van der Waals surface area contributed by atoms with Crippen molar-refractivity contribution in [2.75, 3.05) is 11.6 Å². The van der Waals surface area contributed by atoms with Crippen LogP contribution in [0, 0.1) is 0 Å². The number of hydrogen-bond acceptors (Lipinski definition) is 4. The van der Waals surface area contributed by atoms with E-state index in [-0.39, 0.29) is 5.91 Å². The molecular formula is C20H22N2O3S. The second kappa shape index (κ2) is 8.38. The topological polar surface area (TPSA) is 69.6 Å². The molecule has 5 nitrogen and oxygen atoms in total. The lowest BCUT2D eigenvalue weighted by Crippen LogP contribution is -2.46. The first-order valence-electron chi connectivity index (χ1n) is 8.66. The number of carbonyl (C=O) groups is 2. The van der Waals surface area contributed by atoms with Crippen molar-refractivity contribution in [3.63, 3.8) is 0 Å². The number of hydrogen-bond donors (Lipinski definition) is 2. The minimum Gasteiger partial charge on any atom is -0.316 e. The molecule has 1 atom stereocenters. The van der Waals surface area contributed by atoms with Crippen molar-refractivity contribution in [1.82, 2.24) is 10.4 Å². The Morgan fingerprint density at radius 2 is 1.92 bits per heavy atom. The highest BCUT2D eigenvalue weighted by atomic mass is 32.2. The number of rotatable bonds is 5. The molecule has 136 valence electrons.